The maximum atomic E-state index is 11.0. The summed E-state index contributed by atoms with van der Waals surface area (Å²) in [6.07, 6.45) is -0.592. The number of carbonyl (C=O) groups excluding carboxylic acids is 2. The van der Waals surface area contributed by atoms with Crippen LogP contribution >= 0.6 is 0 Å². The molecule has 0 rings (SSSR count). The van der Waals surface area contributed by atoms with Crippen molar-refractivity contribution in [1.82, 2.24) is 0 Å². The Balaban J connectivity index is 4.66. The fourth-order valence-corrected chi connectivity index (χ4v) is 3.34. The molecule has 0 aliphatic rings. The first-order chi connectivity index (χ1) is 7.85. The number of hydrogen-bond donors (Lipinski definition) is 1. The lowest BCUT2D eigenvalue weighted by Gasteiger charge is -2.28. The summed E-state index contributed by atoms with van der Waals surface area (Å²) >= 11 is 0. The van der Waals surface area contributed by atoms with Crippen LogP contribution in [0.4, 0.5) is 0 Å². The molecule has 0 radical (unpaired) electrons. The van der Waals surface area contributed by atoms with Gasteiger partial charge in [-0.05, 0) is 6.42 Å². The van der Waals surface area contributed by atoms with Gasteiger partial charge >= 0.3 is 8.56 Å². The van der Waals surface area contributed by atoms with Crippen LogP contribution in [0.15, 0.2) is 0 Å². The highest BCUT2D eigenvalue weighted by atomic mass is 28.4. The highest BCUT2D eigenvalue weighted by molar-refractivity contribution is 6.70. The van der Waals surface area contributed by atoms with Gasteiger partial charge in [-0.1, -0.05) is 13.8 Å². The Kier molecular flexibility index (Phi) is 7.01. The molecule has 0 aliphatic carbocycles. The lowest BCUT2D eigenvalue weighted by atomic mass is 10.5. The van der Waals surface area contributed by atoms with Gasteiger partial charge in [0.25, 0.3) is 11.9 Å². The second-order valence-electron chi connectivity index (χ2n) is 3.63. The van der Waals surface area contributed by atoms with Crippen LogP contribution in [0.25, 0.3) is 0 Å². The van der Waals surface area contributed by atoms with E-state index in [1.807, 2.05) is 0 Å². The molecule has 1 atom stereocenters. The van der Waals surface area contributed by atoms with E-state index in [2.05, 4.69) is 0 Å². The van der Waals surface area contributed by atoms with Crippen LogP contribution in [-0.2, 0) is 23.2 Å². The molecular weight excluding hydrogens is 244 g/mol. The zero-order chi connectivity index (χ0) is 13.5. The van der Waals surface area contributed by atoms with Crippen molar-refractivity contribution in [2.75, 3.05) is 6.23 Å². The molecule has 0 saturated heterocycles. The summed E-state index contributed by atoms with van der Waals surface area (Å²) in [4.78, 5) is 22.0. The molecule has 0 heterocycles. The van der Waals surface area contributed by atoms with E-state index in [1.165, 1.54) is 13.8 Å². The molecule has 0 bridgehead atoms. The fourth-order valence-electron chi connectivity index (χ4n) is 1.19. The van der Waals surface area contributed by atoms with Gasteiger partial charge in [-0.25, -0.2) is 0 Å². The second-order valence-corrected chi connectivity index (χ2v) is 6.85. The van der Waals surface area contributed by atoms with Crippen molar-refractivity contribution in [3.05, 3.63) is 0 Å². The fraction of sp³-hybridized carbons (Fsp3) is 0.800. The maximum absolute atomic E-state index is 11.0. The summed E-state index contributed by atoms with van der Waals surface area (Å²) in [6.45, 7) is 5.99. The topological polar surface area (TPSA) is 82.1 Å². The Labute approximate surface area is 102 Å². The van der Waals surface area contributed by atoms with Crippen molar-refractivity contribution in [3.8, 4) is 0 Å². The van der Waals surface area contributed by atoms with E-state index in [9.17, 15) is 14.7 Å². The van der Waals surface area contributed by atoms with Crippen LogP contribution < -0.4 is 0 Å². The molecule has 1 N–H and O–H groups in total. The summed E-state index contributed by atoms with van der Waals surface area (Å²) < 4.78 is 15.3. The van der Waals surface area contributed by atoms with E-state index >= 15 is 0 Å². The Hall–Kier alpha value is -0.923. The van der Waals surface area contributed by atoms with Gasteiger partial charge in [0, 0.05) is 19.9 Å². The zero-order valence-electron chi connectivity index (χ0n) is 10.7. The van der Waals surface area contributed by atoms with Gasteiger partial charge in [0.2, 0.25) is 0 Å². The third kappa shape index (κ3) is 6.40. The molecule has 0 saturated carbocycles. The number of ether oxygens (including phenoxy) is 1. The molecule has 0 amide bonds. The minimum atomic E-state index is -3.06. The molecule has 0 spiro atoms. The summed E-state index contributed by atoms with van der Waals surface area (Å²) in [5.41, 5.74) is 0. The number of aliphatic hydroxyl groups excluding tert-OH is 1. The van der Waals surface area contributed by atoms with E-state index < -0.39 is 26.8 Å². The Morgan fingerprint density at radius 3 is 1.94 bits per heavy atom. The first-order valence-corrected chi connectivity index (χ1v) is 7.77. The van der Waals surface area contributed by atoms with Crippen LogP contribution in [0.3, 0.4) is 0 Å². The van der Waals surface area contributed by atoms with Crippen molar-refractivity contribution in [2.24, 2.45) is 0 Å². The van der Waals surface area contributed by atoms with Gasteiger partial charge in [-0.2, -0.15) is 0 Å². The maximum Gasteiger partial charge on any atom is 0.490 e. The standard InChI is InChI=1S/C10H20O6Si/c1-5-10(13)14-7-17(6-2,15-8(3)11)16-9(4)12/h10,13H,5-7H2,1-4H3. The molecule has 1 unspecified atom stereocenters. The van der Waals surface area contributed by atoms with E-state index in [0.717, 1.165) is 0 Å². The zero-order valence-corrected chi connectivity index (χ0v) is 11.7. The average molecular weight is 264 g/mol. The molecule has 100 valence electrons. The van der Waals surface area contributed by atoms with Crippen molar-refractivity contribution in [2.45, 2.75) is 46.4 Å². The Bertz CT molecular complexity index is 252. The quantitative estimate of drug-likeness (QED) is 0.542. The SMILES string of the molecule is CCC(O)OC[Si](CC)(OC(C)=O)OC(C)=O. The van der Waals surface area contributed by atoms with Crippen LogP contribution in [0.5, 0.6) is 0 Å². The first kappa shape index (κ1) is 16.1. The first-order valence-electron chi connectivity index (χ1n) is 5.54. The minimum absolute atomic E-state index is 0.0579. The molecule has 7 heteroatoms. The molecule has 0 fully saturated rings. The predicted molar refractivity (Wildman–Crippen MR) is 62.0 cm³/mol. The van der Waals surface area contributed by atoms with Crippen LogP contribution in [0.2, 0.25) is 6.04 Å². The third-order valence-electron chi connectivity index (χ3n) is 2.04. The monoisotopic (exact) mass is 264 g/mol. The van der Waals surface area contributed by atoms with Gasteiger partial charge in [0.05, 0.1) is 0 Å². The normalized spacial score (nSPS) is 13.0. The van der Waals surface area contributed by atoms with Gasteiger partial charge in [-0.3, -0.25) is 9.59 Å². The Morgan fingerprint density at radius 2 is 1.65 bits per heavy atom. The number of rotatable bonds is 7. The largest absolute Gasteiger partial charge is 0.490 e. The second kappa shape index (κ2) is 7.41. The summed E-state index contributed by atoms with van der Waals surface area (Å²) in [7, 11) is -3.06. The van der Waals surface area contributed by atoms with Gasteiger partial charge in [0.1, 0.15) is 6.23 Å². The van der Waals surface area contributed by atoms with Crippen LogP contribution in [0, 0.1) is 0 Å². The molecule has 0 aromatic heterocycles. The van der Waals surface area contributed by atoms with Gasteiger partial charge in [0.15, 0.2) is 6.29 Å². The lowest BCUT2D eigenvalue weighted by molar-refractivity contribution is -0.142. The van der Waals surface area contributed by atoms with E-state index in [4.69, 9.17) is 13.6 Å². The van der Waals surface area contributed by atoms with Gasteiger partial charge in [-0.15, -0.1) is 0 Å². The molecule has 0 aromatic rings. The van der Waals surface area contributed by atoms with Crippen molar-refractivity contribution in [3.63, 3.8) is 0 Å². The average Bonchev–Trinajstić information content (AvgIpc) is 2.23. The van der Waals surface area contributed by atoms with Crippen LogP contribution in [-0.4, -0.2) is 38.1 Å². The van der Waals surface area contributed by atoms with Crippen molar-refractivity contribution in [1.29, 1.82) is 0 Å². The lowest BCUT2D eigenvalue weighted by Crippen LogP contribution is -2.50. The summed E-state index contributed by atoms with van der Waals surface area (Å²) in [6, 6.07) is 0.378. The minimum Gasteiger partial charge on any atom is -0.484 e. The molecular formula is C10H20O6Si. The molecule has 0 aromatic carbocycles. The number of carbonyl (C=O) groups is 2. The van der Waals surface area contributed by atoms with E-state index in [-0.39, 0.29) is 6.23 Å². The summed E-state index contributed by atoms with van der Waals surface area (Å²) in [5.74, 6) is -1.04. The highest BCUT2D eigenvalue weighted by Crippen LogP contribution is 2.16. The smallest absolute Gasteiger partial charge is 0.484 e. The van der Waals surface area contributed by atoms with Gasteiger partial charge < -0.3 is 18.7 Å². The predicted octanol–water partition coefficient (Wildman–Crippen LogP) is 0.859. The number of hydrogen-bond acceptors (Lipinski definition) is 6. The Morgan fingerprint density at radius 1 is 1.18 bits per heavy atom. The third-order valence-corrected chi connectivity index (χ3v) is 5.05. The highest BCUT2D eigenvalue weighted by Gasteiger charge is 2.43. The molecule has 6 nitrogen and oxygen atoms in total. The van der Waals surface area contributed by atoms with Crippen LogP contribution in [0.1, 0.15) is 34.1 Å². The summed E-state index contributed by atoms with van der Waals surface area (Å²) in [5, 5.41) is 9.30. The van der Waals surface area contributed by atoms with Crippen molar-refractivity contribution < 1.29 is 28.3 Å². The molecule has 0 aliphatic heterocycles. The number of aliphatic hydroxyl groups is 1. The van der Waals surface area contributed by atoms with Crippen molar-refractivity contribution >= 4 is 20.5 Å². The van der Waals surface area contributed by atoms with E-state index in [1.54, 1.807) is 13.8 Å². The molecule has 17 heavy (non-hydrogen) atoms. The van der Waals surface area contributed by atoms with E-state index in [0.29, 0.717) is 12.5 Å².